The second-order valence-electron chi connectivity index (χ2n) is 6.80. The predicted molar refractivity (Wildman–Crippen MR) is 106 cm³/mol. The van der Waals surface area contributed by atoms with Gasteiger partial charge in [-0.3, -0.25) is 10.0 Å². The number of aromatic nitrogens is 1. The lowest BCUT2D eigenvalue weighted by atomic mass is 10.1. The number of hydrogen-bond donors (Lipinski definition) is 4. The van der Waals surface area contributed by atoms with Gasteiger partial charge < -0.3 is 4.98 Å². The Morgan fingerprint density at radius 2 is 1.85 bits per heavy atom. The van der Waals surface area contributed by atoms with Gasteiger partial charge in [0, 0.05) is 17.1 Å². The summed E-state index contributed by atoms with van der Waals surface area (Å²) in [5.41, 5.74) is 3.28. The molecule has 1 atom stereocenters. The van der Waals surface area contributed by atoms with Gasteiger partial charge in [-0.2, -0.15) is 0 Å². The first kappa shape index (κ1) is 21.4. The number of rotatable bonds is 12. The van der Waals surface area contributed by atoms with Crippen LogP contribution in [0.15, 0.2) is 30.5 Å². The van der Waals surface area contributed by atoms with Gasteiger partial charge in [0.2, 0.25) is 10.0 Å². The van der Waals surface area contributed by atoms with E-state index in [1.54, 1.807) is 11.7 Å². The number of para-hydroxylation sites is 1. The molecule has 1 aromatic heterocycles. The Bertz CT molecular complexity index is 832. The minimum absolute atomic E-state index is 0.0256. The van der Waals surface area contributed by atoms with Gasteiger partial charge in [0.15, 0.2) is 0 Å². The molecule has 0 fully saturated rings. The summed E-state index contributed by atoms with van der Waals surface area (Å²) in [5, 5.41) is 9.92. The molecule has 0 saturated heterocycles. The number of benzene rings is 1. The zero-order valence-electron chi connectivity index (χ0n) is 15.7. The molecule has 0 aliphatic heterocycles. The molecule has 150 valence electrons. The van der Waals surface area contributed by atoms with Crippen LogP contribution in [0.2, 0.25) is 0 Å². The van der Waals surface area contributed by atoms with Crippen LogP contribution in [0.1, 0.15) is 51.0 Å². The van der Waals surface area contributed by atoms with Crippen molar-refractivity contribution in [1.29, 1.82) is 0 Å². The molecule has 0 aliphatic rings. The predicted octanol–water partition coefficient (Wildman–Crippen LogP) is 2.86. The average molecular weight is 396 g/mol. The Morgan fingerprint density at radius 3 is 2.59 bits per heavy atom. The molecule has 0 saturated carbocycles. The third-order valence-electron chi connectivity index (χ3n) is 4.61. The zero-order chi connectivity index (χ0) is 19.7. The summed E-state index contributed by atoms with van der Waals surface area (Å²) >= 11 is 0. The minimum atomic E-state index is -3.62. The average Bonchev–Trinajstić information content (AvgIpc) is 3.06. The maximum atomic E-state index is 12.4. The number of nitrogens with one attached hydrogen (secondary N) is 3. The van der Waals surface area contributed by atoms with Crippen LogP contribution in [0.5, 0.6) is 0 Å². The minimum Gasteiger partial charge on any atom is -0.361 e. The van der Waals surface area contributed by atoms with Gasteiger partial charge in [0.1, 0.15) is 6.04 Å². The van der Waals surface area contributed by atoms with Crippen LogP contribution in [0.3, 0.4) is 0 Å². The van der Waals surface area contributed by atoms with Gasteiger partial charge in [0.25, 0.3) is 5.91 Å². The van der Waals surface area contributed by atoms with Crippen LogP contribution in [-0.4, -0.2) is 36.3 Å². The van der Waals surface area contributed by atoms with E-state index < -0.39 is 22.0 Å². The Labute approximate surface area is 160 Å². The standard InChI is InChI=1S/C19H29N3O4S/c1-2-3-4-5-6-9-12-27(25,26)22-18(19(23)21-24)13-15-14-20-17-11-8-7-10-16(15)17/h7-8,10-11,14,18,20,22,24H,2-6,9,12-13H2,1H3,(H,21,23). The first-order valence-corrected chi connectivity index (χ1v) is 11.1. The highest BCUT2D eigenvalue weighted by molar-refractivity contribution is 7.89. The van der Waals surface area contributed by atoms with Crippen molar-refractivity contribution >= 4 is 26.8 Å². The lowest BCUT2D eigenvalue weighted by molar-refractivity contribution is -0.130. The van der Waals surface area contributed by atoms with E-state index in [2.05, 4.69) is 16.6 Å². The SMILES string of the molecule is CCCCCCCCS(=O)(=O)NC(Cc1c[nH]c2ccccc12)C(=O)NO. The quantitative estimate of drug-likeness (QED) is 0.251. The number of hydroxylamine groups is 1. The van der Waals surface area contributed by atoms with Gasteiger partial charge in [-0.25, -0.2) is 18.6 Å². The van der Waals surface area contributed by atoms with Crippen molar-refractivity contribution in [2.75, 3.05) is 5.75 Å². The third-order valence-corrected chi connectivity index (χ3v) is 6.08. The normalized spacial score (nSPS) is 13.0. The van der Waals surface area contributed by atoms with Crippen LogP contribution in [0.4, 0.5) is 0 Å². The maximum absolute atomic E-state index is 12.4. The molecule has 0 spiro atoms. The van der Waals surface area contributed by atoms with Crippen molar-refractivity contribution in [2.24, 2.45) is 0 Å². The fourth-order valence-corrected chi connectivity index (χ4v) is 4.46. The van der Waals surface area contributed by atoms with E-state index in [-0.39, 0.29) is 12.2 Å². The summed E-state index contributed by atoms with van der Waals surface area (Å²) in [4.78, 5) is 15.1. The smallest absolute Gasteiger partial charge is 0.261 e. The van der Waals surface area contributed by atoms with E-state index in [0.717, 1.165) is 48.6 Å². The van der Waals surface area contributed by atoms with Gasteiger partial charge in [0.05, 0.1) is 5.75 Å². The second-order valence-corrected chi connectivity index (χ2v) is 8.67. The van der Waals surface area contributed by atoms with E-state index in [0.29, 0.717) is 6.42 Å². The molecular formula is C19H29N3O4S. The van der Waals surface area contributed by atoms with Crippen molar-refractivity contribution in [3.8, 4) is 0 Å². The molecule has 1 amide bonds. The molecule has 4 N–H and O–H groups in total. The van der Waals surface area contributed by atoms with Gasteiger partial charge >= 0.3 is 0 Å². The molecule has 8 heteroatoms. The first-order valence-electron chi connectivity index (χ1n) is 9.45. The molecule has 2 aromatic rings. The van der Waals surface area contributed by atoms with E-state index in [4.69, 9.17) is 5.21 Å². The van der Waals surface area contributed by atoms with Crippen LogP contribution < -0.4 is 10.2 Å². The maximum Gasteiger partial charge on any atom is 0.261 e. The number of carbonyl (C=O) groups excluding carboxylic acids is 1. The summed E-state index contributed by atoms with van der Waals surface area (Å²) in [6.07, 6.45) is 7.73. The number of carbonyl (C=O) groups is 1. The summed E-state index contributed by atoms with van der Waals surface area (Å²) in [6, 6.07) is 6.51. The highest BCUT2D eigenvalue weighted by Crippen LogP contribution is 2.19. The summed E-state index contributed by atoms with van der Waals surface area (Å²) in [6.45, 7) is 2.13. The highest BCUT2D eigenvalue weighted by Gasteiger charge is 2.25. The summed E-state index contributed by atoms with van der Waals surface area (Å²) in [5.74, 6) is -0.797. The molecule has 1 heterocycles. The van der Waals surface area contributed by atoms with Gasteiger partial charge in [-0.15, -0.1) is 0 Å². The number of amides is 1. The topological polar surface area (TPSA) is 111 Å². The van der Waals surface area contributed by atoms with Crippen LogP contribution >= 0.6 is 0 Å². The summed E-state index contributed by atoms with van der Waals surface area (Å²) < 4.78 is 27.2. The lowest BCUT2D eigenvalue weighted by Gasteiger charge is -2.16. The van der Waals surface area contributed by atoms with E-state index in [9.17, 15) is 13.2 Å². The largest absolute Gasteiger partial charge is 0.361 e. The van der Waals surface area contributed by atoms with E-state index >= 15 is 0 Å². The molecule has 0 bridgehead atoms. The molecule has 0 aliphatic carbocycles. The van der Waals surface area contributed by atoms with Gasteiger partial charge in [-0.05, 0) is 24.5 Å². The Morgan fingerprint density at radius 1 is 1.15 bits per heavy atom. The van der Waals surface area contributed by atoms with Crippen molar-refractivity contribution in [2.45, 2.75) is 57.9 Å². The number of fused-ring (bicyclic) bond motifs is 1. The zero-order valence-corrected chi connectivity index (χ0v) is 16.5. The third kappa shape index (κ3) is 6.64. The molecule has 0 radical (unpaired) electrons. The van der Waals surface area contributed by atoms with Crippen LogP contribution in [0, 0.1) is 0 Å². The van der Waals surface area contributed by atoms with Crippen LogP contribution in [0.25, 0.3) is 10.9 Å². The molecular weight excluding hydrogens is 366 g/mol. The van der Waals surface area contributed by atoms with E-state index in [1.807, 2.05) is 24.3 Å². The first-order chi connectivity index (χ1) is 13.0. The molecule has 2 rings (SSSR count). The fraction of sp³-hybridized carbons (Fsp3) is 0.526. The van der Waals surface area contributed by atoms with Crippen molar-refractivity contribution in [3.05, 3.63) is 36.0 Å². The van der Waals surface area contributed by atoms with Crippen molar-refractivity contribution in [1.82, 2.24) is 15.2 Å². The number of sulfonamides is 1. The Balaban J connectivity index is 1.98. The molecule has 1 aromatic carbocycles. The van der Waals surface area contributed by atoms with Crippen molar-refractivity contribution in [3.63, 3.8) is 0 Å². The Kier molecular flexibility index (Phi) is 8.27. The highest BCUT2D eigenvalue weighted by atomic mass is 32.2. The number of aromatic amines is 1. The van der Waals surface area contributed by atoms with E-state index in [1.165, 1.54) is 0 Å². The Hall–Kier alpha value is -1.90. The second kappa shape index (κ2) is 10.4. The molecule has 7 nitrogen and oxygen atoms in total. The molecule has 1 unspecified atom stereocenters. The number of unbranched alkanes of at least 4 members (excludes halogenated alkanes) is 5. The fourth-order valence-electron chi connectivity index (χ4n) is 3.13. The summed E-state index contributed by atoms with van der Waals surface area (Å²) in [7, 11) is -3.62. The number of H-pyrrole nitrogens is 1. The molecule has 27 heavy (non-hydrogen) atoms. The van der Waals surface area contributed by atoms with Crippen LogP contribution in [-0.2, 0) is 21.2 Å². The lowest BCUT2D eigenvalue weighted by Crippen LogP contribution is -2.47. The monoisotopic (exact) mass is 395 g/mol. The number of hydrogen-bond acceptors (Lipinski definition) is 4. The van der Waals surface area contributed by atoms with Crippen molar-refractivity contribution < 1.29 is 18.4 Å². The van der Waals surface area contributed by atoms with Gasteiger partial charge in [-0.1, -0.05) is 57.2 Å².